The molecule has 6 nitrogen and oxygen atoms in total. The third-order valence-electron chi connectivity index (χ3n) is 5.13. The highest BCUT2D eigenvalue weighted by Gasteiger charge is 2.33. The number of hydrogen-bond donors (Lipinski definition) is 1. The van der Waals surface area contributed by atoms with E-state index in [1.54, 1.807) is 19.2 Å². The fourth-order valence-corrected chi connectivity index (χ4v) is 3.56. The molecule has 3 rings (SSSR count). The Morgan fingerprint density at radius 2 is 1.83 bits per heavy atom. The number of halogens is 1. The lowest BCUT2D eigenvalue weighted by molar-refractivity contribution is 0.154. The monoisotopic (exact) mass is 403 g/mol. The lowest BCUT2D eigenvalue weighted by Crippen LogP contribution is -2.26. The average Bonchev–Trinajstić information content (AvgIpc) is 3.11. The van der Waals surface area contributed by atoms with E-state index >= 15 is 0 Å². The van der Waals surface area contributed by atoms with Gasteiger partial charge in [-0.1, -0.05) is 13.0 Å². The van der Waals surface area contributed by atoms with Gasteiger partial charge in [0, 0.05) is 25.4 Å². The third-order valence-corrected chi connectivity index (χ3v) is 5.13. The summed E-state index contributed by atoms with van der Waals surface area (Å²) in [4.78, 5) is 12.7. The van der Waals surface area contributed by atoms with E-state index in [2.05, 4.69) is 6.92 Å². The maximum Gasteiger partial charge on any atom is 0.407 e. The second-order valence-electron chi connectivity index (χ2n) is 7.19. The van der Waals surface area contributed by atoms with Gasteiger partial charge < -0.3 is 24.2 Å². The Kier molecular flexibility index (Phi) is 6.80. The van der Waals surface area contributed by atoms with E-state index in [1.165, 1.54) is 17.0 Å². The highest BCUT2D eigenvalue weighted by atomic mass is 19.1. The quantitative estimate of drug-likeness (QED) is 0.662. The van der Waals surface area contributed by atoms with Gasteiger partial charge in [-0.25, -0.2) is 9.18 Å². The lowest BCUT2D eigenvalue weighted by Gasteiger charge is -2.18. The standard InChI is InChI=1S/C22H26FNO5/c1-15-13-24(22(25)26)14-19(15)16-4-9-20(27-2)21(12-16)29-11-3-10-28-18-7-5-17(23)6-8-18/h4-9,12,15,19H,3,10-11,13-14H2,1-2H3,(H,25,26)/t15-,19+/m1/s1. The van der Waals surface area contributed by atoms with Crippen LogP contribution in [0.1, 0.15) is 24.8 Å². The van der Waals surface area contributed by atoms with E-state index in [0.717, 1.165) is 5.56 Å². The van der Waals surface area contributed by atoms with Crippen LogP contribution in [0.15, 0.2) is 42.5 Å². The Morgan fingerprint density at radius 3 is 2.48 bits per heavy atom. The van der Waals surface area contributed by atoms with Gasteiger partial charge in [-0.15, -0.1) is 0 Å². The van der Waals surface area contributed by atoms with Crippen LogP contribution in [0.2, 0.25) is 0 Å². The van der Waals surface area contributed by atoms with Gasteiger partial charge >= 0.3 is 6.09 Å². The van der Waals surface area contributed by atoms with E-state index < -0.39 is 6.09 Å². The van der Waals surface area contributed by atoms with Gasteiger partial charge in [-0.05, 0) is 47.9 Å². The zero-order valence-electron chi connectivity index (χ0n) is 16.6. The minimum Gasteiger partial charge on any atom is -0.493 e. The first-order chi connectivity index (χ1) is 14.0. The van der Waals surface area contributed by atoms with Crippen LogP contribution in [0.5, 0.6) is 17.2 Å². The molecule has 1 heterocycles. The predicted octanol–water partition coefficient (Wildman–Crippen LogP) is 4.40. The Morgan fingerprint density at radius 1 is 1.10 bits per heavy atom. The van der Waals surface area contributed by atoms with Crippen LogP contribution in [0.4, 0.5) is 9.18 Å². The van der Waals surface area contributed by atoms with Gasteiger partial charge in [-0.3, -0.25) is 0 Å². The molecule has 29 heavy (non-hydrogen) atoms. The minimum atomic E-state index is -0.884. The van der Waals surface area contributed by atoms with E-state index in [-0.39, 0.29) is 17.7 Å². The smallest absolute Gasteiger partial charge is 0.407 e. The molecule has 1 fully saturated rings. The zero-order chi connectivity index (χ0) is 20.8. The van der Waals surface area contributed by atoms with Crippen molar-refractivity contribution in [2.45, 2.75) is 19.3 Å². The Hall–Kier alpha value is -2.96. The fourth-order valence-electron chi connectivity index (χ4n) is 3.56. The molecule has 1 aliphatic rings. The minimum absolute atomic E-state index is 0.126. The molecule has 7 heteroatoms. The molecule has 0 aliphatic carbocycles. The molecule has 1 saturated heterocycles. The summed E-state index contributed by atoms with van der Waals surface area (Å²) in [6.45, 7) is 3.95. The van der Waals surface area contributed by atoms with E-state index in [1.807, 2.05) is 18.2 Å². The van der Waals surface area contributed by atoms with Gasteiger partial charge in [0.2, 0.25) is 0 Å². The van der Waals surface area contributed by atoms with Crippen LogP contribution in [0, 0.1) is 11.7 Å². The van der Waals surface area contributed by atoms with E-state index in [0.29, 0.717) is 50.0 Å². The summed E-state index contributed by atoms with van der Waals surface area (Å²) in [6, 6.07) is 11.7. The molecule has 0 spiro atoms. The third kappa shape index (κ3) is 5.31. The van der Waals surface area contributed by atoms with E-state index in [9.17, 15) is 14.3 Å². The summed E-state index contributed by atoms with van der Waals surface area (Å²) in [7, 11) is 1.59. The molecule has 2 aromatic carbocycles. The van der Waals surface area contributed by atoms with Crippen molar-refractivity contribution in [1.82, 2.24) is 4.90 Å². The van der Waals surface area contributed by atoms with E-state index in [4.69, 9.17) is 14.2 Å². The predicted molar refractivity (Wildman–Crippen MR) is 107 cm³/mol. The molecule has 156 valence electrons. The normalized spacial score (nSPS) is 18.5. The number of likely N-dealkylation sites (tertiary alicyclic amines) is 1. The summed E-state index contributed by atoms with van der Waals surface area (Å²) in [5, 5.41) is 9.25. The van der Waals surface area contributed by atoms with Crippen molar-refractivity contribution in [2.75, 3.05) is 33.4 Å². The summed E-state index contributed by atoms with van der Waals surface area (Å²) in [5.41, 5.74) is 1.04. The summed E-state index contributed by atoms with van der Waals surface area (Å²) < 4.78 is 29.8. The van der Waals surface area contributed by atoms with Crippen molar-refractivity contribution in [2.24, 2.45) is 5.92 Å². The largest absolute Gasteiger partial charge is 0.493 e. The number of nitrogens with zero attached hydrogens (tertiary/aromatic N) is 1. The van der Waals surface area contributed by atoms with Crippen LogP contribution < -0.4 is 14.2 Å². The van der Waals surface area contributed by atoms with Crippen molar-refractivity contribution in [1.29, 1.82) is 0 Å². The van der Waals surface area contributed by atoms with Crippen LogP contribution in [0.3, 0.4) is 0 Å². The molecule has 0 unspecified atom stereocenters. The molecule has 1 amide bonds. The molecule has 0 saturated carbocycles. The lowest BCUT2D eigenvalue weighted by atomic mass is 9.90. The average molecular weight is 403 g/mol. The summed E-state index contributed by atoms with van der Waals surface area (Å²) >= 11 is 0. The van der Waals surface area contributed by atoms with Crippen molar-refractivity contribution in [3.05, 3.63) is 53.8 Å². The van der Waals surface area contributed by atoms with Crippen molar-refractivity contribution < 1.29 is 28.5 Å². The van der Waals surface area contributed by atoms with Gasteiger partial charge in [0.25, 0.3) is 0 Å². The molecule has 2 atom stereocenters. The fraction of sp³-hybridized carbons (Fsp3) is 0.409. The van der Waals surface area contributed by atoms with Crippen LogP contribution >= 0.6 is 0 Å². The summed E-state index contributed by atoms with van der Waals surface area (Å²) in [5.74, 6) is 1.94. The Labute approximate surface area is 169 Å². The number of ether oxygens (including phenoxy) is 3. The highest BCUT2D eigenvalue weighted by molar-refractivity contribution is 5.65. The van der Waals surface area contributed by atoms with Gasteiger partial charge in [0.05, 0.1) is 20.3 Å². The second kappa shape index (κ2) is 9.49. The van der Waals surface area contributed by atoms with Gasteiger partial charge in [-0.2, -0.15) is 0 Å². The molecular weight excluding hydrogens is 377 g/mol. The first kappa shape index (κ1) is 20.8. The first-order valence-corrected chi connectivity index (χ1v) is 9.65. The second-order valence-corrected chi connectivity index (χ2v) is 7.19. The van der Waals surface area contributed by atoms with Crippen molar-refractivity contribution in [3.8, 4) is 17.2 Å². The summed E-state index contributed by atoms with van der Waals surface area (Å²) in [6.07, 6.45) is -0.234. The molecule has 2 aromatic rings. The molecule has 0 aromatic heterocycles. The number of carboxylic acid groups (broad SMARTS) is 1. The maximum absolute atomic E-state index is 12.9. The number of hydrogen-bond acceptors (Lipinski definition) is 4. The number of rotatable bonds is 8. The topological polar surface area (TPSA) is 68.2 Å². The SMILES string of the molecule is COc1ccc([C@H]2CN(C(=O)O)C[C@H]2C)cc1OCCCOc1ccc(F)cc1. The molecule has 0 bridgehead atoms. The maximum atomic E-state index is 12.9. The molecule has 1 aliphatic heterocycles. The number of benzene rings is 2. The van der Waals surface area contributed by atoms with Crippen LogP contribution in [-0.4, -0.2) is 49.5 Å². The molecule has 1 N–H and O–H groups in total. The van der Waals surface area contributed by atoms with Crippen LogP contribution in [0.25, 0.3) is 0 Å². The molecular formula is C22H26FNO5. The first-order valence-electron chi connectivity index (χ1n) is 9.65. The Balaban J connectivity index is 1.56. The zero-order valence-corrected chi connectivity index (χ0v) is 16.6. The Bertz CT molecular complexity index is 826. The van der Waals surface area contributed by atoms with Gasteiger partial charge in [0.15, 0.2) is 11.5 Å². The van der Waals surface area contributed by atoms with Crippen molar-refractivity contribution in [3.63, 3.8) is 0 Å². The number of amides is 1. The number of carbonyl (C=O) groups is 1. The molecule has 0 radical (unpaired) electrons. The van der Waals surface area contributed by atoms with Crippen molar-refractivity contribution >= 4 is 6.09 Å². The van der Waals surface area contributed by atoms with Crippen LogP contribution in [-0.2, 0) is 0 Å². The number of methoxy groups -OCH3 is 1. The highest BCUT2D eigenvalue weighted by Crippen LogP contribution is 2.37. The van der Waals surface area contributed by atoms with Gasteiger partial charge in [0.1, 0.15) is 11.6 Å².